The average molecular weight is 336 g/mol. The molecule has 0 amide bonds. The van der Waals surface area contributed by atoms with Crippen molar-refractivity contribution in [1.29, 1.82) is 0 Å². The van der Waals surface area contributed by atoms with Crippen LogP contribution in [0.4, 0.5) is 0 Å². The van der Waals surface area contributed by atoms with E-state index in [4.69, 9.17) is 10.5 Å². The maximum atomic E-state index is 11.3. The molecule has 0 aliphatic rings. The van der Waals surface area contributed by atoms with Crippen LogP contribution in [0.2, 0.25) is 0 Å². The van der Waals surface area contributed by atoms with Crippen LogP contribution >= 0.6 is 15.9 Å². The zero-order valence-electron chi connectivity index (χ0n) is 10.2. The molecule has 0 bridgehead atoms. The van der Waals surface area contributed by atoms with Crippen molar-refractivity contribution in [2.45, 2.75) is 6.54 Å². The lowest BCUT2D eigenvalue weighted by Crippen LogP contribution is -2.09. The van der Waals surface area contributed by atoms with Gasteiger partial charge in [0.05, 0.1) is 0 Å². The standard InChI is InChI=1S/C12H10BrN5O2/c13-8-1-2-9(7(3-8)5-14)20-11-4-10-16-17-12(19)18(10)6-15-11/h1-4,6H,5,14H2,(H,17,19). The molecule has 0 spiro atoms. The Morgan fingerprint density at radius 3 is 3.05 bits per heavy atom. The van der Waals surface area contributed by atoms with Crippen molar-refractivity contribution < 1.29 is 4.74 Å². The summed E-state index contributed by atoms with van der Waals surface area (Å²) < 4.78 is 7.91. The van der Waals surface area contributed by atoms with Crippen LogP contribution in [-0.2, 0) is 6.54 Å². The zero-order chi connectivity index (χ0) is 14.1. The molecule has 3 aromatic rings. The first-order valence-electron chi connectivity index (χ1n) is 5.76. The molecule has 0 aliphatic heterocycles. The second-order valence-corrected chi connectivity index (χ2v) is 4.96. The summed E-state index contributed by atoms with van der Waals surface area (Å²) in [6.45, 7) is 0.346. The van der Waals surface area contributed by atoms with Crippen LogP contribution in [0.3, 0.4) is 0 Å². The van der Waals surface area contributed by atoms with Crippen molar-refractivity contribution in [2.75, 3.05) is 0 Å². The number of fused-ring (bicyclic) bond motifs is 1. The minimum Gasteiger partial charge on any atom is -0.439 e. The van der Waals surface area contributed by atoms with Gasteiger partial charge in [-0.2, -0.15) is 5.10 Å². The van der Waals surface area contributed by atoms with Crippen LogP contribution in [0.1, 0.15) is 5.56 Å². The Morgan fingerprint density at radius 2 is 2.25 bits per heavy atom. The topological polar surface area (TPSA) is 98.3 Å². The monoisotopic (exact) mass is 335 g/mol. The number of rotatable bonds is 3. The van der Waals surface area contributed by atoms with Gasteiger partial charge in [0.2, 0.25) is 5.88 Å². The van der Waals surface area contributed by atoms with Gasteiger partial charge in [-0.05, 0) is 18.2 Å². The fourth-order valence-corrected chi connectivity index (χ4v) is 2.18. The van der Waals surface area contributed by atoms with Gasteiger partial charge in [0.15, 0.2) is 5.65 Å². The van der Waals surface area contributed by atoms with E-state index >= 15 is 0 Å². The van der Waals surface area contributed by atoms with Crippen LogP contribution in [0.25, 0.3) is 5.65 Å². The van der Waals surface area contributed by atoms with Gasteiger partial charge in [0.25, 0.3) is 0 Å². The third kappa shape index (κ3) is 2.30. The highest BCUT2D eigenvalue weighted by Crippen LogP contribution is 2.26. The molecule has 2 aromatic heterocycles. The summed E-state index contributed by atoms with van der Waals surface area (Å²) >= 11 is 3.38. The molecular weight excluding hydrogens is 326 g/mol. The molecule has 3 rings (SSSR count). The number of benzene rings is 1. The first kappa shape index (κ1) is 12.8. The number of H-pyrrole nitrogens is 1. The molecule has 3 N–H and O–H groups in total. The van der Waals surface area contributed by atoms with E-state index in [0.29, 0.717) is 23.8 Å². The van der Waals surface area contributed by atoms with E-state index in [1.54, 1.807) is 12.1 Å². The molecule has 7 nitrogen and oxygen atoms in total. The lowest BCUT2D eigenvalue weighted by atomic mass is 10.2. The Kier molecular flexibility index (Phi) is 3.25. The van der Waals surface area contributed by atoms with Gasteiger partial charge < -0.3 is 10.5 Å². The molecule has 0 saturated heterocycles. The second kappa shape index (κ2) is 5.06. The van der Waals surface area contributed by atoms with Gasteiger partial charge in [-0.25, -0.2) is 19.3 Å². The molecule has 0 atom stereocenters. The van der Waals surface area contributed by atoms with E-state index in [1.807, 2.05) is 12.1 Å². The van der Waals surface area contributed by atoms with Gasteiger partial charge in [-0.15, -0.1) is 0 Å². The van der Waals surface area contributed by atoms with Crippen molar-refractivity contribution in [1.82, 2.24) is 19.6 Å². The van der Waals surface area contributed by atoms with E-state index in [-0.39, 0.29) is 5.69 Å². The SMILES string of the molecule is NCc1cc(Br)ccc1Oc1cc2n[nH]c(=O)n2cn1. The van der Waals surface area contributed by atoms with Crippen LogP contribution in [0.15, 0.2) is 39.9 Å². The molecule has 20 heavy (non-hydrogen) atoms. The van der Waals surface area contributed by atoms with Crippen LogP contribution in [-0.4, -0.2) is 19.6 Å². The number of hydrogen-bond acceptors (Lipinski definition) is 5. The van der Waals surface area contributed by atoms with E-state index in [1.165, 1.54) is 10.7 Å². The minimum absolute atomic E-state index is 0.341. The number of nitrogens with one attached hydrogen (secondary N) is 1. The van der Waals surface area contributed by atoms with Crippen molar-refractivity contribution in [3.05, 3.63) is 51.1 Å². The Balaban J connectivity index is 1.98. The molecule has 0 unspecified atom stereocenters. The van der Waals surface area contributed by atoms with Gasteiger partial charge in [0.1, 0.15) is 12.1 Å². The highest BCUT2D eigenvalue weighted by Gasteiger charge is 2.08. The summed E-state index contributed by atoms with van der Waals surface area (Å²) in [5.74, 6) is 0.957. The summed E-state index contributed by atoms with van der Waals surface area (Å²) in [6.07, 6.45) is 1.36. The number of nitrogens with two attached hydrogens (primary N) is 1. The number of halogens is 1. The van der Waals surface area contributed by atoms with E-state index in [2.05, 4.69) is 31.1 Å². The van der Waals surface area contributed by atoms with Crippen molar-refractivity contribution in [2.24, 2.45) is 5.73 Å². The fourth-order valence-electron chi connectivity index (χ4n) is 1.77. The van der Waals surface area contributed by atoms with Crippen LogP contribution in [0, 0.1) is 0 Å². The second-order valence-electron chi connectivity index (χ2n) is 4.04. The summed E-state index contributed by atoms with van der Waals surface area (Å²) in [4.78, 5) is 15.4. The van der Waals surface area contributed by atoms with Crippen LogP contribution < -0.4 is 16.2 Å². The molecular formula is C12H10BrN5O2. The van der Waals surface area contributed by atoms with Crippen LogP contribution in [0.5, 0.6) is 11.6 Å². The first-order chi connectivity index (χ1) is 9.67. The summed E-state index contributed by atoms with van der Waals surface area (Å²) in [6, 6.07) is 7.11. The Morgan fingerprint density at radius 1 is 1.40 bits per heavy atom. The number of nitrogens with zero attached hydrogens (tertiary/aromatic N) is 3. The normalized spacial score (nSPS) is 10.9. The maximum Gasteiger partial charge on any atom is 0.348 e. The quantitative estimate of drug-likeness (QED) is 0.754. The van der Waals surface area contributed by atoms with E-state index < -0.39 is 0 Å². The van der Waals surface area contributed by atoms with Crippen molar-refractivity contribution >= 4 is 21.6 Å². The maximum absolute atomic E-state index is 11.3. The van der Waals surface area contributed by atoms with Crippen molar-refractivity contribution in [3.63, 3.8) is 0 Å². The fraction of sp³-hybridized carbons (Fsp3) is 0.0833. The van der Waals surface area contributed by atoms with Gasteiger partial charge in [-0.1, -0.05) is 15.9 Å². The number of aromatic nitrogens is 4. The Labute approximate surface area is 121 Å². The third-order valence-corrected chi connectivity index (χ3v) is 3.23. The summed E-state index contributed by atoms with van der Waals surface area (Å²) in [5, 5.41) is 6.18. The lowest BCUT2D eigenvalue weighted by molar-refractivity contribution is 0.456. The Bertz CT molecular complexity index is 826. The van der Waals surface area contributed by atoms with Crippen molar-refractivity contribution in [3.8, 4) is 11.6 Å². The van der Waals surface area contributed by atoms with Gasteiger partial charge in [-0.3, -0.25) is 0 Å². The molecule has 1 aromatic carbocycles. The molecule has 102 valence electrons. The molecule has 0 saturated carbocycles. The summed E-state index contributed by atoms with van der Waals surface area (Å²) in [5.41, 5.74) is 6.62. The molecule has 0 aliphatic carbocycles. The Hall–Kier alpha value is -2.19. The lowest BCUT2D eigenvalue weighted by Gasteiger charge is -2.09. The van der Waals surface area contributed by atoms with E-state index in [9.17, 15) is 4.79 Å². The minimum atomic E-state index is -0.342. The molecule has 8 heteroatoms. The highest BCUT2D eigenvalue weighted by atomic mass is 79.9. The third-order valence-electron chi connectivity index (χ3n) is 2.74. The number of ether oxygens (including phenoxy) is 1. The summed E-state index contributed by atoms with van der Waals surface area (Å²) in [7, 11) is 0. The highest BCUT2D eigenvalue weighted by molar-refractivity contribution is 9.10. The zero-order valence-corrected chi connectivity index (χ0v) is 11.8. The molecule has 0 radical (unpaired) electrons. The molecule has 0 fully saturated rings. The number of aromatic amines is 1. The molecule has 2 heterocycles. The predicted molar refractivity (Wildman–Crippen MR) is 75.7 cm³/mol. The average Bonchev–Trinajstić information content (AvgIpc) is 2.82. The smallest absolute Gasteiger partial charge is 0.348 e. The number of hydrogen-bond donors (Lipinski definition) is 2. The predicted octanol–water partition coefficient (Wildman–Crippen LogP) is 1.43. The van der Waals surface area contributed by atoms with Gasteiger partial charge in [0, 0.05) is 22.6 Å². The van der Waals surface area contributed by atoms with Gasteiger partial charge >= 0.3 is 5.69 Å². The van der Waals surface area contributed by atoms with E-state index in [0.717, 1.165) is 10.0 Å². The largest absolute Gasteiger partial charge is 0.439 e. The first-order valence-corrected chi connectivity index (χ1v) is 6.56.